The molecule has 0 amide bonds. The molecule has 3 nitrogen and oxygen atoms in total. The third-order valence-corrected chi connectivity index (χ3v) is 3.03. The summed E-state index contributed by atoms with van der Waals surface area (Å²) in [5, 5.41) is 0. The topological polar surface area (TPSA) is 48.1 Å². The van der Waals surface area contributed by atoms with Crippen molar-refractivity contribution in [3.8, 4) is 5.75 Å². The lowest BCUT2D eigenvalue weighted by Gasteiger charge is -2.14. The second kappa shape index (κ2) is 8.09. The zero-order valence-electron chi connectivity index (χ0n) is 11.9. The maximum atomic E-state index is 5.83. The summed E-state index contributed by atoms with van der Waals surface area (Å²) in [5.74, 6) is 0.836. The van der Waals surface area contributed by atoms with Crippen LogP contribution in [0.1, 0.15) is 64.6 Å². The van der Waals surface area contributed by atoms with Crippen LogP contribution in [0.4, 0.5) is 0 Å². The van der Waals surface area contributed by atoms with Gasteiger partial charge in [0.1, 0.15) is 5.75 Å². The summed E-state index contributed by atoms with van der Waals surface area (Å²) in [6, 6.07) is 3.86. The predicted molar refractivity (Wildman–Crippen MR) is 75.7 cm³/mol. The van der Waals surface area contributed by atoms with Crippen LogP contribution in [-0.4, -0.2) is 11.1 Å². The molecule has 0 aromatic carbocycles. The number of hydrogen-bond donors (Lipinski definition) is 1. The highest BCUT2D eigenvalue weighted by Crippen LogP contribution is 2.16. The number of aromatic nitrogens is 1. The van der Waals surface area contributed by atoms with Gasteiger partial charge >= 0.3 is 0 Å². The number of rotatable bonds is 8. The van der Waals surface area contributed by atoms with Gasteiger partial charge in [-0.05, 0) is 38.8 Å². The normalized spacial score (nSPS) is 14.2. The third-order valence-electron chi connectivity index (χ3n) is 3.03. The van der Waals surface area contributed by atoms with Crippen LogP contribution in [0.2, 0.25) is 0 Å². The first-order valence-corrected chi connectivity index (χ1v) is 7.01. The van der Waals surface area contributed by atoms with Crippen LogP contribution in [0, 0.1) is 0 Å². The van der Waals surface area contributed by atoms with Gasteiger partial charge in [0.05, 0.1) is 18.0 Å². The molecule has 0 bridgehead atoms. The van der Waals surface area contributed by atoms with Crippen molar-refractivity contribution in [3.63, 3.8) is 0 Å². The number of nitrogens with two attached hydrogens (primary N) is 1. The van der Waals surface area contributed by atoms with E-state index in [1.54, 1.807) is 6.20 Å². The first kappa shape index (κ1) is 15.0. The Bertz CT molecular complexity index is 322. The molecular formula is C15H26N2O. The van der Waals surface area contributed by atoms with Crippen molar-refractivity contribution >= 4 is 0 Å². The molecule has 3 heteroatoms. The maximum Gasteiger partial charge on any atom is 0.138 e. The largest absolute Gasteiger partial charge is 0.489 e. The van der Waals surface area contributed by atoms with Crippen LogP contribution in [0.15, 0.2) is 18.3 Å². The summed E-state index contributed by atoms with van der Waals surface area (Å²) in [5.41, 5.74) is 6.66. The van der Waals surface area contributed by atoms with Gasteiger partial charge in [0.2, 0.25) is 0 Å². The van der Waals surface area contributed by atoms with Crippen LogP contribution >= 0.6 is 0 Å². The molecule has 0 aliphatic carbocycles. The Morgan fingerprint density at radius 1 is 1.22 bits per heavy atom. The minimum Gasteiger partial charge on any atom is -0.489 e. The molecule has 18 heavy (non-hydrogen) atoms. The molecule has 2 unspecified atom stereocenters. The summed E-state index contributed by atoms with van der Waals surface area (Å²) < 4.78 is 5.83. The van der Waals surface area contributed by atoms with Crippen LogP contribution in [0.3, 0.4) is 0 Å². The average Bonchev–Trinajstić information content (AvgIpc) is 2.35. The maximum absolute atomic E-state index is 5.83. The number of pyridine rings is 1. The standard InChI is InChI=1S/C15H26N2O/c1-4-5-6-7-8-12(2)18-14-9-10-15(13(3)16)17-11-14/h9-13H,4-8,16H2,1-3H3. The second-order valence-electron chi connectivity index (χ2n) is 4.99. The van der Waals surface area contributed by atoms with E-state index in [4.69, 9.17) is 10.5 Å². The van der Waals surface area contributed by atoms with Crippen molar-refractivity contribution in [2.75, 3.05) is 0 Å². The van der Waals surface area contributed by atoms with Crippen LogP contribution in [0.25, 0.3) is 0 Å². The molecule has 0 saturated carbocycles. The smallest absolute Gasteiger partial charge is 0.138 e. The van der Waals surface area contributed by atoms with E-state index >= 15 is 0 Å². The summed E-state index contributed by atoms with van der Waals surface area (Å²) in [7, 11) is 0. The van der Waals surface area contributed by atoms with Gasteiger partial charge in [-0.2, -0.15) is 0 Å². The zero-order chi connectivity index (χ0) is 13.4. The van der Waals surface area contributed by atoms with Gasteiger partial charge in [0.25, 0.3) is 0 Å². The van der Waals surface area contributed by atoms with Crippen molar-refractivity contribution in [3.05, 3.63) is 24.0 Å². The molecule has 1 aromatic heterocycles. The first-order chi connectivity index (χ1) is 8.63. The number of hydrogen-bond acceptors (Lipinski definition) is 3. The minimum absolute atomic E-state index is 0.0227. The molecule has 1 rings (SSSR count). The Balaban J connectivity index is 2.32. The molecule has 0 saturated heterocycles. The summed E-state index contributed by atoms with van der Waals surface area (Å²) >= 11 is 0. The fourth-order valence-corrected chi connectivity index (χ4v) is 1.88. The summed E-state index contributed by atoms with van der Waals surface area (Å²) in [4.78, 5) is 4.29. The molecule has 1 aromatic rings. The van der Waals surface area contributed by atoms with E-state index in [1.165, 1.54) is 25.7 Å². The third kappa shape index (κ3) is 5.50. The molecule has 0 aliphatic rings. The molecule has 2 N–H and O–H groups in total. The van der Waals surface area contributed by atoms with Crippen molar-refractivity contribution in [1.82, 2.24) is 4.98 Å². The van der Waals surface area contributed by atoms with E-state index in [0.717, 1.165) is 17.9 Å². The molecule has 1 heterocycles. The SMILES string of the molecule is CCCCCCC(C)Oc1ccc(C(C)N)nc1. The van der Waals surface area contributed by atoms with Crippen LogP contribution < -0.4 is 10.5 Å². The number of nitrogens with zero attached hydrogens (tertiary/aromatic N) is 1. The monoisotopic (exact) mass is 250 g/mol. The average molecular weight is 250 g/mol. The van der Waals surface area contributed by atoms with E-state index in [2.05, 4.69) is 18.8 Å². The molecule has 0 spiro atoms. The van der Waals surface area contributed by atoms with Crippen LogP contribution in [0.5, 0.6) is 5.75 Å². The molecule has 0 fully saturated rings. The molecule has 2 atom stereocenters. The highest BCUT2D eigenvalue weighted by atomic mass is 16.5. The lowest BCUT2D eigenvalue weighted by molar-refractivity contribution is 0.205. The van der Waals surface area contributed by atoms with Crippen molar-refractivity contribution in [2.24, 2.45) is 5.73 Å². The highest BCUT2D eigenvalue weighted by molar-refractivity contribution is 5.21. The van der Waals surface area contributed by atoms with Crippen LogP contribution in [-0.2, 0) is 0 Å². The summed E-state index contributed by atoms with van der Waals surface area (Å²) in [6.07, 6.45) is 8.25. The molecule has 0 radical (unpaired) electrons. The van der Waals surface area contributed by atoms with E-state index < -0.39 is 0 Å². The van der Waals surface area contributed by atoms with E-state index in [9.17, 15) is 0 Å². The van der Waals surface area contributed by atoms with Gasteiger partial charge in [0.15, 0.2) is 0 Å². The lowest BCUT2D eigenvalue weighted by Crippen LogP contribution is -2.12. The zero-order valence-corrected chi connectivity index (χ0v) is 11.9. The fourth-order valence-electron chi connectivity index (χ4n) is 1.88. The van der Waals surface area contributed by atoms with Gasteiger partial charge in [-0.25, -0.2) is 0 Å². The Kier molecular flexibility index (Phi) is 6.73. The van der Waals surface area contributed by atoms with E-state index in [-0.39, 0.29) is 12.1 Å². The molecule has 102 valence electrons. The van der Waals surface area contributed by atoms with Crippen molar-refractivity contribution < 1.29 is 4.74 Å². The van der Waals surface area contributed by atoms with Crippen molar-refractivity contribution in [2.45, 2.75) is 65.0 Å². The minimum atomic E-state index is -0.0227. The van der Waals surface area contributed by atoms with Crippen molar-refractivity contribution in [1.29, 1.82) is 0 Å². The summed E-state index contributed by atoms with van der Waals surface area (Å²) in [6.45, 7) is 6.27. The van der Waals surface area contributed by atoms with Gasteiger partial charge < -0.3 is 10.5 Å². The predicted octanol–water partition coefficient (Wildman–Crippen LogP) is 3.84. The number of ether oxygens (including phenoxy) is 1. The fraction of sp³-hybridized carbons (Fsp3) is 0.667. The Labute approximate surface area is 111 Å². The highest BCUT2D eigenvalue weighted by Gasteiger charge is 2.05. The quantitative estimate of drug-likeness (QED) is 0.713. The lowest BCUT2D eigenvalue weighted by atomic mass is 10.1. The Morgan fingerprint density at radius 3 is 2.56 bits per heavy atom. The van der Waals surface area contributed by atoms with Gasteiger partial charge in [0, 0.05) is 6.04 Å². The van der Waals surface area contributed by atoms with Gasteiger partial charge in [-0.3, -0.25) is 4.98 Å². The Hall–Kier alpha value is -1.09. The number of unbranched alkanes of at least 4 members (excludes halogenated alkanes) is 3. The Morgan fingerprint density at radius 2 is 2.00 bits per heavy atom. The first-order valence-electron chi connectivity index (χ1n) is 7.01. The van der Waals surface area contributed by atoms with E-state index in [1.807, 2.05) is 19.1 Å². The van der Waals surface area contributed by atoms with E-state index in [0.29, 0.717) is 0 Å². The van der Waals surface area contributed by atoms with Gasteiger partial charge in [-0.15, -0.1) is 0 Å². The molecular weight excluding hydrogens is 224 g/mol. The molecule has 0 aliphatic heterocycles. The second-order valence-corrected chi connectivity index (χ2v) is 4.99. The van der Waals surface area contributed by atoms with Gasteiger partial charge in [-0.1, -0.05) is 26.2 Å².